The first kappa shape index (κ1) is 22.7. The van der Waals surface area contributed by atoms with Gasteiger partial charge in [0.25, 0.3) is 0 Å². The predicted molar refractivity (Wildman–Crippen MR) is 114 cm³/mol. The Balaban J connectivity index is 0.00000312. The molecule has 0 aliphatic carbocycles. The fourth-order valence-corrected chi connectivity index (χ4v) is 3.16. The van der Waals surface area contributed by atoms with Crippen molar-refractivity contribution in [3.05, 3.63) is 12.2 Å². The van der Waals surface area contributed by atoms with E-state index in [4.69, 9.17) is 9.47 Å². The van der Waals surface area contributed by atoms with E-state index in [-0.39, 0.29) is 24.0 Å². The van der Waals surface area contributed by atoms with Crippen molar-refractivity contribution in [2.24, 2.45) is 4.99 Å². The van der Waals surface area contributed by atoms with Gasteiger partial charge in [-0.2, -0.15) is 0 Å². The Morgan fingerprint density at radius 3 is 2.56 bits per heavy atom. The summed E-state index contributed by atoms with van der Waals surface area (Å²) in [4.78, 5) is 9.31. The molecule has 1 N–H and O–H groups in total. The first-order valence-electron chi connectivity index (χ1n) is 9.35. The van der Waals surface area contributed by atoms with Crippen LogP contribution in [0.1, 0.15) is 26.2 Å². The Labute approximate surface area is 170 Å². The minimum atomic E-state index is 0. The molecule has 1 saturated heterocycles. The van der Waals surface area contributed by atoms with Gasteiger partial charge in [0.05, 0.1) is 19.8 Å². The van der Waals surface area contributed by atoms with Crippen LogP contribution in [0, 0.1) is 0 Å². The molecular formula is C18H35IN4O2. The van der Waals surface area contributed by atoms with Crippen LogP contribution in [0.5, 0.6) is 0 Å². The second-order valence-corrected chi connectivity index (χ2v) is 6.37. The normalized spacial score (nSPS) is 21.0. The molecule has 0 amide bonds. The van der Waals surface area contributed by atoms with Crippen LogP contribution < -0.4 is 5.32 Å². The molecule has 0 spiro atoms. The lowest BCUT2D eigenvalue weighted by Crippen LogP contribution is -2.43. The molecule has 2 heterocycles. The van der Waals surface area contributed by atoms with Crippen molar-refractivity contribution < 1.29 is 9.47 Å². The van der Waals surface area contributed by atoms with E-state index in [0.29, 0.717) is 25.9 Å². The number of hydrogen-bond acceptors (Lipinski definition) is 4. The van der Waals surface area contributed by atoms with Gasteiger partial charge in [0.2, 0.25) is 0 Å². The van der Waals surface area contributed by atoms with Crippen molar-refractivity contribution in [3.63, 3.8) is 0 Å². The largest absolute Gasteiger partial charge is 0.379 e. The quantitative estimate of drug-likeness (QED) is 0.175. The first-order valence-corrected chi connectivity index (χ1v) is 9.35. The lowest BCUT2D eigenvalue weighted by Gasteiger charge is -2.25. The summed E-state index contributed by atoms with van der Waals surface area (Å²) in [5.41, 5.74) is 0. The number of hydrogen-bond donors (Lipinski definition) is 1. The number of rotatable bonds is 10. The van der Waals surface area contributed by atoms with Crippen LogP contribution in [-0.4, -0.2) is 88.0 Å². The SMILES string of the molecule is CCCCOCCOCCNC(=NC)N1CCC(N2CC=CC2)C1.I. The zero-order valence-electron chi connectivity index (χ0n) is 15.8. The van der Waals surface area contributed by atoms with Crippen LogP contribution >= 0.6 is 24.0 Å². The van der Waals surface area contributed by atoms with E-state index in [2.05, 4.69) is 39.2 Å². The molecule has 2 aliphatic heterocycles. The van der Waals surface area contributed by atoms with Crippen LogP contribution in [-0.2, 0) is 9.47 Å². The maximum Gasteiger partial charge on any atom is 0.193 e. The summed E-state index contributed by atoms with van der Waals surface area (Å²) in [7, 11) is 1.86. The summed E-state index contributed by atoms with van der Waals surface area (Å²) in [5, 5.41) is 3.41. The van der Waals surface area contributed by atoms with Crippen LogP contribution in [0.3, 0.4) is 0 Å². The minimum absolute atomic E-state index is 0. The van der Waals surface area contributed by atoms with Crippen molar-refractivity contribution in [1.82, 2.24) is 15.1 Å². The van der Waals surface area contributed by atoms with E-state index in [1.54, 1.807) is 0 Å². The fraction of sp³-hybridized carbons (Fsp3) is 0.833. The van der Waals surface area contributed by atoms with Gasteiger partial charge in [0.15, 0.2) is 5.96 Å². The summed E-state index contributed by atoms with van der Waals surface area (Å²) >= 11 is 0. The standard InChI is InChI=1S/C18H34N4O2.HI/c1-3-4-12-23-14-15-24-13-8-20-18(19-2)22-11-7-17(16-22)21-9-5-6-10-21;/h5-6,17H,3-4,7-16H2,1-2H3,(H,19,20);1H. The third kappa shape index (κ3) is 8.23. The number of nitrogens with zero attached hydrogens (tertiary/aromatic N) is 3. The predicted octanol–water partition coefficient (Wildman–Crippen LogP) is 1.96. The van der Waals surface area contributed by atoms with E-state index >= 15 is 0 Å². The topological polar surface area (TPSA) is 49.3 Å². The molecule has 2 aliphatic rings. The smallest absolute Gasteiger partial charge is 0.193 e. The Bertz CT molecular complexity index is 399. The number of likely N-dealkylation sites (tertiary alicyclic amines) is 1. The van der Waals surface area contributed by atoms with Crippen molar-refractivity contribution in [2.75, 3.05) is 66.2 Å². The lowest BCUT2D eigenvalue weighted by atomic mass is 10.2. The van der Waals surface area contributed by atoms with E-state index in [1.165, 1.54) is 12.8 Å². The van der Waals surface area contributed by atoms with Gasteiger partial charge >= 0.3 is 0 Å². The van der Waals surface area contributed by atoms with Crippen LogP contribution in [0.25, 0.3) is 0 Å². The molecule has 0 aromatic carbocycles. The van der Waals surface area contributed by atoms with Gasteiger partial charge in [0, 0.05) is 52.4 Å². The number of halogens is 1. The summed E-state index contributed by atoms with van der Waals surface area (Å²) in [6, 6.07) is 0.648. The van der Waals surface area contributed by atoms with Gasteiger partial charge in [-0.25, -0.2) is 0 Å². The highest BCUT2D eigenvalue weighted by Crippen LogP contribution is 2.17. The monoisotopic (exact) mass is 466 g/mol. The fourth-order valence-electron chi connectivity index (χ4n) is 3.16. The highest BCUT2D eigenvalue weighted by atomic mass is 127. The third-order valence-corrected chi connectivity index (χ3v) is 4.58. The number of ether oxygens (including phenoxy) is 2. The Kier molecular flexibility index (Phi) is 12.5. The summed E-state index contributed by atoms with van der Waals surface area (Å²) < 4.78 is 11.1. The average Bonchev–Trinajstić information content (AvgIpc) is 3.28. The second-order valence-electron chi connectivity index (χ2n) is 6.37. The zero-order valence-corrected chi connectivity index (χ0v) is 18.1. The zero-order chi connectivity index (χ0) is 17.0. The van der Waals surface area contributed by atoms with Crippen LogP contribution in [0.4, 0.5) is 0 Å². The molecular weight excluding hydrogens is 431 g/mol. The molecule has 0 saturated carbocycles. The highest BCUT2D eigenvalue weighted by Gasteiger charge is 2.29. The van der Waals surface area contributed by atoms with Crippen LogP contribution in [0.15, 0.2) is 17.1 Å². The molecule has 1 atom stereocenters. The highest BCUT2D eigenvalue weighted by molar-refractivity contribution is 14.0. The van der Waals surface area contributed by atoms with E-state index in [1.807, 2.05) is 7.05 Å². The number of aliphatic imine (C=N–C) groups is 1. The molecule has 0 radical (unpaired) electrons. The van der Waals surface area contributed by atoms with Gasteiger partial charge in [0.1, 0.15) is 0 Å². The van der Waals surface area contributed by atoms with Crippen LogP contribution in [0.2, 0.25) is 0 Å². The average molecular weight is 466 g/mol. The second kappa shape index (κ2) is 13.8. The summed E-state index contributed by atoms with van der Waals surface area (Å²) in [6.45, 7) is 10.2. The maximum absolute atomic E-state index is 5.60. The molecule has 0 aromatic heterocycles. The number of nitrogens with one attached hydrogen (secondary N) is 1. The molecule has 1 fully saturated rings. The molecule has 25 heavy (non-hydrogen) atoms. The Morgan fingerprint density at radius 2 is 1.88 bits per heavy atom. The van der Waals surface area contributed by atoms with Gasteiger partial charge in [-0.15, -0.1) is 24.0 Å². The molecule has 2 rings (SSSR count). The third-order valence-electron chi connectivity index (χ3n) is 4.58. The van der Waals surface area contributed by atoms with Gasteiger partial charge in [-0.3, -0.25) is 9.89 Å². The minimum Gasteiger partial charge on any atom is -0.379 e. The molecule has 1 unspecified atom stereocenters. The Hall–Kier alpha value is -0.380. The number of unbranched alkanes of at least 4 members (excludes halogenated alkanes) is 1. The van der Waals surface area contributed by atoms with Crippen molar-refractivity contribution >= 4 is 29.9 Å². The molecule has 0 aromatic rings. The molecule has 146 valence electrons. The summed E-state index contributed by atoms with van der Waals surface area (Å²) in [6.07, 6.45) is 8.05. The van der Waals surface area contributed by atoms with Crippen molar-refractivity contribution in [1.29, 1.82) is 0 Å². The maximum atomic E-state index is 5.60. The lowest BCUT2D eigenvalue weighted by molar-refractivity contribution is 0.0486. The number of guanidine groups is 1. The van der Waals surface area contributed by atoms with E-state index < -0.39 is 0 Å². The Morgan fingerprint density at radius 1 is 1.16 bits per heavy atom. The van der Waals surface area contributed by atoms with Gasteiger partial charge < -0.3 is 19.7 Å². The first-order chi connectivity index (χ1) is 11.8. The van der Waals surface area contributed by atoms with Crippen molar-refractivity contribution in [3.8, 4) is 0 Å². The molecule has 0 bridgehead atoms. The molecule has 6 nitrogen and oxygen atoms in total. The van der Waals surface area contributed by atoms with E-state index in [9.17, 15) is 0 Å². The molecule has 7 heteroatoms. The van der Waals surface area contributed by atoms with Gasteiger partial charge in [-0.05, 0) is 12.8 Å². The summed E-state index contributed by atoms with van der Waals surface area (Å²) in [5.74, 6) is 0.993. The van der Waals surface area contributed by atoms with Crippen molar-refractivity contribution in [2.45, 2.75) is 32.2 Å². The van der Waals surface area contributed by atoms with Gasteiger partial charge in [-0.1, -0.05) is 25.5 Å². The van der Waals surface area contributed by atoms with E-state index in [0.717, 1.165) is 51.7 Å².